The summed E-state index contributed by atoms with van der Waals surface area (Å²) in [6.07, 6.45) is 2.72. The predicted molar refractivity (Wildman–Crippen MR) is 71.2 cm³/mol. The van der Waals surface area contributed by atoms with Gasteiger partial charge < -0.3 is 5.73 Å². The molecule has 17 heavy (non-hydrogen) atoms. The minimum absolute atomic E-state index is 0.134. The Hall–Kier alpha value is -0.130. The van der Waals surface area contributed by atoms with Gasteiger partial charge in [-0.25, -0.2) is 8.42 Å². The summed E-state index contributed by atoms with van der Waals surface area (Å²) in [7, 11) is -3.09. The maximum atomic E-state index is 12.2. The largest absolute Gasteiger partial charge is 0.330 e. The van der Waals surface area contributed by atoms with Crippen LogP contribution in [-0.2, 0) is 10.0 Å². The summed E-state index contributed by atoms with van der Waals surface area (Å²) in [6, 6.07) is 0.134. The lowest BCUT2D eigenvalue weighted by molar-refractivity contribution is 0.211. The van der Waals surface area contributed by atoms with Crippen LogP contribution in [0.2, 0.25) is 0 Å². The molecule has 0 bridgehead atoms. The van der Waals surface area contributed by atoms with Crippen molar-refractivity contribution in [3.63, 3.8) is 0 Å². The summed E-state index contributed by atoms with van der Waals surface area (Å²) in [6.45, 7) is 7.30. The fourth-order valence-electron chi connectivity index (χ4n) is 2.23. The van der Waals surface area contributed by atoms with Crippen molar-refractivity contribution in [2.75, 3.05) is 18.8 Å². The molecule has 2 atom stereocenters. The van der Waals surface area contributed by atoms with E-state index in [1.165, 1.54) is 0 Å². The van der Waals surface area contributed by atoms with E-state index in [-0.39, 0.29) is 11.8 Å². The molecule has 1 saturated heterocycles. The Morgan fingerprint density at radius 1 is 1.35 bits per heavy atom. The van der Waals surface area contributed by atoms with Crippen molar-refractivity contribution in [3.05, 3.63) is 0 Å². The standard InChI is InChI=1S/C12H26N2O2S/c1-10(2)6-7-17(15,16)14-9-12(8-13)5-4-11(14)3/h10-12H,4-9,13H2,1-3H3. The highest BCUT2D eigenvalue weighted by Gasteiger charge is 2.32. The molecule has 1 rings (SSSR count). The van der Waals surface area contributed by atoms with E-state index < -0.39 is 10.0 Å². The number of sulfonamides is 1. The minimum atomic E-state index is -3.09. The molecule has 1 aliphatic heterocycles. The van der Waals surface area contributed by atoms with Crippen molar-refractivity contribution in [1.29, 1.82) is 0 Å². The second-order valence-corrected chi connectivity index (χ2v) is 7.64. The van der Waals surface area contributed by atoms with Crippen LogP contribution >= 0.6 is 0 Å². The fraction of sp³-hybridized carbons (Fsp3) is 1.00. The molecule has 0 aromatic rings. The topological polar surface area (TPSA) is 63.4 Å². The molecular weight excluding hydrogens is 236 g/mol. The summed E-state index contributed by atoms with van der Waals surface area (Å²) in [5.74, 6) is 1.03. The van der Waals surface area contributed by atoms with Gasteiger partial charge in [-0.1, -0.05) is 13.8 Å². The maximum absolute atomic E-state index is 12.2. The molecule has 0 radical (unpaired) electrons. The van der Waals surface area contributed by atoms with Gasteiger partial charge in [-0.2, -0.15) is 4.31 Å². The average molecular weight is 262 g/mol. The van der Waals surface area contributed by atoms with E-state index in [4.69, 9.17) is 5.73 Å². The van der Waals surface area contributed by atoms with Crippen molar-refractivity contribution in [2.24, 2.45) is 17.6 Å². The Bertz CT molecular complexity index is 327. The van der Waals surface area contributed by atoms with Gasteiger partial charge in [-0.05, 0) is 44.6 Å². The molecular formula is C12H26N2O2S. The van der Waals surface area contributed by atoms with Gasteiger partial charge in [0.15, 0.2) is 0 Å². The molecule has 1 fully saturated rings. The van der Waals surface area contributed by atoms with Crippen LogP contribution in [0.15, 0.2) is 0 Å². The number of hydrogen-bond donors (Lipinski definition) is 1. The van der Waals surface area contributed by atoms with Gasteiger partial charge >= 0.3 is 0 Å². The SMILES string of the molecule is CC(C)CCS(=O)(=O)N1CC(CN)CCC1C. The molecule has 0 amide bonds. The highest BCUT2D eigenvalue weighted by atomic mass is 32.2. The first-order chi connectivity index (χ1) is 7.86. The first kappa shape index (κ1) is 14.9. The first-order valence-electron chi connectivity index (χ1n) is 6.56. The molecule has 5 heteroatoms. The summed E-state index contributed by atoms with van der Waals surface area (Å²) in [4.78, 5) is 0. The second kappa shape index (κ2) is 6.16. The normalized spacial score (nSPS) is 27.6. The molecule has 0 aromatic carbocycles. The van der Waals surface area contributed by atoms with Gasteiger partial charge in [0.25, 0.3) is 0 Å². The molecule has 1 aliphatic rings. The van der Waals surface area contributed by atoms with E-state index in [0.717, 1.165) is 19.3 Å². The quantitative estimate of drug-likeness (QED) is 0.815. The van der Waals surface area contributed by atoms with Gasteiger partial charge in [0.05, 0.1) is 5.75 Å². The zero-order chi connectivity index (χ0) is 13.1. The van der Waals surface area contributed by atoms with Gasteiger partial charge in [0, 0.05) is 12.6 Å². The van der Waals surface area contributed by atoms with E-state index in [0.29, 0.717) is 24.9 Å². The molecule has 102 valence electrons. The Balaban J connectivity index is 2.67. The molecule has 2 N–H and O–H groups in total. The van der Waals surface area contributed by atoms with Crippen molar-refractivity contribution >= 4 is 10.0 Å². The van der Waals surface area contributed by atoms with E-state index in [2.05, 4.69) is 13.8 Å². The number of hydrogen-bond acceptors (Lipinski definition) is 3. The van der Waals surface area contributed by atoms with E-state index in [1.807, 2.05) is 6.92 Å². The highest BCUT2D eigenvalue weighted by Crippen LogP contribution is 2.24. The van der Waals surface area contributed by atoms with E-state index in [1.54, 1.807) is 4.31 Å². The van der Waals surface area contributed by atoms with E-state index >= 15 is 0 Å². The Kier molecular flexibility index (Phi) is 5.41. The van der Waals surface area contributed by atoms with Crippen molar-refractivity contribution in [3.8, 4) is 0 Å². The van der Waals surface area contributed by atoms with Crippen LogP contribution in [0.1, 0.15) is 40.0 Å². The van der Waals surface area contributed by atoms with Gasteiger partial charge in [0.1, 0.15) is 0 Å². The Morgan fingerprint density at radius 3 is 2.53 bits per heavy atom. The zero-order valence-corrected chi connectivity index (χ0v) is 12.0. The lowest BCUT2D eigenvalue weighted by atomic mass is 9.96. The smallest absolute Gasteiger partial charge is 0.214 e. The second-order valence-electron chi connectivity index (χ2n) is 5.60. The monoisotopic (exact) mass is 262 g/mol. The molecule has 0 aliphatic carbocycles. The van der Waals surface area contributed by atoms with Crippen LogP contribution in [0, 0.1) is 11.8 Å². The van der Waals surface area contributed by atoms with Crippen molar-refractivity contribution in [1.82, 2.24) is 4.31 Å². The lowest BCUT2D eigenvalue weighted by Gasteiger charge is -2.36. The summed E-state index contributed by atoms with van der Waals surface area (Å²) < 4.78 is 26.2. The number of nitrogens with zero attached hydrogens (tertiary/aromatic N) is 1. The van der Waals surface area contributed by atoms with Crippen LogP contribution in [0.4, 0.5) is 0 Å². The fourth-order valence-corrected chi connectivity index (χ4v) is 4.32. The zero-order valence-electron chi connectivity index (χ0n) is 11.2. The van der Waals surface area contributed by atoms with Crippen LogP contribution in [0.5, 0.6) is 0 Å². The summed E-state index contributed by atoms with van der Waals surface area (Å²) >= 11 is 0. The van der Waals surface area contributed by atoms with Crippen LogP contribution < -0.4 is 5.73 Å². The third kappa shape index (κ3) is 4.23. The summed E-state index contributed by atoms with van der Waals surface area (Å²) in [5, 5.41) is 0. The Morgan fingerprint density at radius 2 is 2.00 bits per heavy atom. The third-order valence-electron chi connectivity index (χ3n) is 3.57. The van der Waals surface area contributed by atoms with Gasteiger partial charge in [0.2, 0.25) is 10.0 Å². The first-order valence-corrected chi connectivity index (χ1v) is 8.17. The molecule has 4 nitrogen and oxygen atoms in total. The van der Waals surface area contributed by atoms with Crippen LogP contribution in [0.3, 0.4) is 0 Å². The molecule has 2 unspecified atom stereocenters. The molecule has 1 heterocycles. The number of rotatable bonds is 5. The average Bonchev–Trinajstić information content (AvgIpc) is 2.27. The van der Waals surface area contributed by atoms with Crippen LogP contribution in [-0.4, -0.2) is 37.6 Å². The number of piperidine rings is 1. The Labute approximate surface area is 106 Å². The summed E-state index contributed by atoms with van der Waals surface area (Å²) in [5.41, 5.74) is 5.65. The lowest BCUT2D eigenvalue weighted by Crippen LogP contribution is -2.47. The van der Waals surface area contributed by atoms with Crippen LogP contribution in [0.25, 0.3) is 0 Å². The minimum Gasteiger partial charge on any atom is -0.330 e. The van der Waals surface area contributed by atoms with Crippen molar-refractivity contribution < 1.29 is 8.42 Å². The molecule has 0 spiro atoms. The van der Waals surface area contributed by atoms with Gasteiger partial charge in [-0.15, -0.1) is 0 Å². The van der Waals surface area contributed by atoms with E-state index in [9.17, 15) is 8.42 Å². The van der Waals surface area contributed by atoms with Gasteiger partial charge in [-0.3, -0.25) is 0 Å². The molecule has 0 aromatic heterocycles. The third-order valence-corrected chi connectivity index (χ3v) is 5.54. The predicted octanol–water partition coefficient (Wildman–Crippen LogP) is 1.42. The van der Waals surface area contributed by atoms with Crippen molar-refractivity contribution in [2.45, 2.75) is 46.1 Å². The maximum Gasteiger partial charge on any atom is 0.214 e. The highest BCUT2D eigenvalue weighted by molar-refractivity contribution is 7.89. The number of nitrogens with two attached hydrogens (primary N) is 1. The molecule has 0 saturated carbocycles.